The highest BCUT2D eigenvalue weighted by atomic mass is 35.5. The van der Waals surface area contributed by atoms with Gasteiger partial charge in [0, 0.05) is 11.6 Å². The maximum atomic E-state index is 11.1. The van der Waals surface area contributed by atoms with Crippen molar-refractivity contribution < 1.29 is 0 Å². The van der Waals surface area contributed by atoms with Crippen LogP contribution in [0.1, 0.15) is 16.7 Å². The zero-order chi connectivity index (χ0) is 15.0. The van der Waals surface area contributed by atoms with Gasteiger partial charge in [-0.3, -0.25) is 0 Å². The summed E-state index contributed by atoms with van der Waals surface area (Å²) in [6, 6.07) is 9.73. The third-order valence-corrected chi connectivity index (χ3v) is 4.01. The van der Waals surface area contributed by atoms with Crippen LogP contribution in [0.3, 0.4) is 0 Å². The molecular formula is C16H14ClN3O. The average Bonchev–Trinajstić information content (AvgIpc) is 2.85. The van der Waals surface area contributed by atoms with E-state index in [-0.39, 0.29) is 0 Å². The van der Waals surface area contributed by atoms with Crippen molar-refractivity contribution in [1.82, 2.24) is 9.55 Å². The predicted octanol–water partition coefficient (Wildman–Crippen LogP) is 4.75. The van der Waals surface area contributed by atoms with Crippen molar-refractivity contribution in [2.75, 3.05) is 0 Å². The maximum absolute atomic E-state index is 11.1. The summed E-state index contributed by atoms with van der Waals surface area (Å²) in [4.78, 5) is 15.4. The van der Waals surface area contributed by atoms with Gasteiger partial charge in [0.15, 0.2) is 0 Å². The van der Waals surface area contributed by atoms with Gasteiger partial charge < -0.3 is 4.57 Å². The fourth-order valence-corrected chi connectivity index (χ4v) is 2.55. The molecule has 0 radical (unpaired) electrons. The third kappa shape index (κ3) is 2.43. The fourth-order valence-electron chi connectivity index (χ4n) is 2.43. The highest BCUT2D eigenvalue weighted by Gasteiger charge is 2.13. The van der Waals surface area contributed by atoms with E-state index >= 15 is 0 Å². The zero-order valence-corrected chi connectivity index (χ0v) is 12.6. The molecule has 0 aliphatic rings. The minimum Gasteiger partial charge on any atom is -0.326 e. The molecule has 3 rings (SSSR count). The molecule has 1 heterocycles. The molecule has 0 bridgehead atoms. The van der Waals surface area contributed by atoms with E-state index in [0.717, 1.165) is 22.2 Å². The smallest absolute Gasteiger partial charge is 0.138 e. The van der Waals surface area contributed by atoms with Crippen molar-refractivity contribution in [3.63, 3.8) is 0 Å². The molecule has 0 spiro atoms. The Labute approximate surface area is 127 Å². The average molecular weight is 300 g/mol. The van der Waals surface area contributed by atoms with Gasteiger partial charge in [-0.05, 0) is 53.9 Å². The molecule has 21 heavy (non-hydrogen) atoms. The van der Waals surface area contributed by atoms with Crippen molar-refractivity contribution in [3.8, 4) is 0 Å². The summed E-state index contributed by atoms with van der Waals surface area (Å²) >= 11 is 5.90. The molecule has 0 fully saturated rings. The molecule has 0 saturated heterocycles. The molecule has 5 heteroatoms. The van der Waals surface area contributed by atoms with Crippen LogP contribution in [-0.2, 0) is 6.54 Å². The Morgan fingerprint density at radius 1 is 1.24 bits per heavy atom. The molecule has 2 aromatic carbocycles. The molecule has 0 N–H and O–H groups in total. The largest absolute Gasteiger partial charge is 0.326 e. The summed E-state index contributed by atoms with van der Waals surface area (Å²) in [5.41, 5.74) is 5.05. The van der Waals surface area contributed by atoms with E-state index in [0.29, 0.717) is 22.8 Å². The van der Waals surface area contributed by atoms with Gasteiger partial charge in [-0.2, -0.15) is 0 Å². The zero-order valence-electron chi connectivity index (χ0n) is 11.8. The second kappa shape index (κ2) is 5.30. The normalized spacial score (nSPS) is 11.0. The lowest BCUT2D eigenvalue weighted by Crippen LogP contribution is -1.98. The lowest BCUT2D eigenvalue weighted by Gasteiger charge is -2.07. The first-order valence-corrected chi connectivity index (χ1v) is 7.01. The molecule has 0 saturated carbocycles. The van der Waals surface area contributed by atoms with Crippen LogP contribution in [0.4, 0.5) is 5.69 Å². The van der Waals surface area contributed by atoms with E-state index in [1.807, 2.05) is 48.7 Å². The Balaban J connectivity index is 2.10. The lowest BCUT2D eigenvalue weighted by molar-refractivity contribution is 0.824. The first-order valence-electron chi connectivity index (χ1n) is 6.63. The topological polar surface area (TPSA) is 47.2 Å². The number of aromatic nitrogens is 2. The number of hydrogen-bond acceptors (Lipinski definition) is 3. The molecule has 3 aromatic rings. The maximum Gasteiger partial charge on any atom is 0.138 e. The van der Waals surface area contributed by atoms with Gasteiger partial charge in [0.2, 0.25) is 0 Å². The number of imidazole rings is 1. The Bertz CT molecular complexity index is 822. The lowest BCUT2D eigenvalue weighted by atomic mass is 10.1. The van der Waals surface area contributed by atoms with Crippen molar-refractivity contribution in [2.45, 2.75) is 20.4 Å². The molecule has 0 amide bonds. The standard InChI is InChI=1S/C16H14ClN3O/c1-10-7-14-16(15(19-21)11(10)2)18-9-20(14)8-12-3-5-13(17)6-4-12/h3-7,9H,8H2,1-2H3. The van der Waals surface area contributed by atoms with E-state index < -0.39 is 0 Å². The van der Waals surface area contributed by atoms with Gasteiger partial charge in [0.05, 0.1) is 11.8 Å². The third-order valence-electron chi connectivity index (χ3n) is 3.76. The van der Waals surface area contributed by atoms with Gasteiger partial charge in [0.1, 0.15) is 11.2 Å². The van der Waals surface area contributed by atoms with Gasteiger partial charge in [-0.1, -0.05) is 23.7 Å². The number of rotatable bonds is 3. The summed E-state index contributed by atoms with van der Waals surface area (Å²) < 4.78 is 2.01. The second-order valence-corrected chi connectivity index (χ2v) is 5.56. The van der Waals surface area contributed by atoms with Gasteiger partial charge in [-0.25, -0.2) is 4.98 Å². The van der Waals surface area contributed by atoms with Crippen molar-refractivity contribution in [2.24, 2.45) is 5.18 Å². The summed E-state index contributed by atoms with van der Waals surface area (Å²) in [5, 5.41) is 3.86. The molecule has 0 unspecified atom stereocenters. The molecule has 106 valence electrons. The number of hydrogen-bond donors (Lipinski definition) is 0. The number of halogens is 1. The van der Waals surface area contributed by atoms with E-state index in [9.17, 15) is 4.91 Å². The Morgan fingerprint density at radius 3 is 2.62 bits per heavy atom. The van der Waals surface area contributed by atoms with Crippen LogP contribution in [-0.4, -0.2) is 9.55 Å². The molecule has 1 aromatic heterocycles. The predicted molar refractivity (Wildman–Crippen MR) is 85.2 cm³/mol. The van der Waals surface area contributed by atoms with Crippen LogP contribution >= 0.6 is 11.6 Å². The number of fused-ring (bicyclic) bond motifs is 1. The molecule has 0 aliphatic carbocycles. The van der Waals surface area contributed by atoms with Crippen molar-refractivity contribution >= 4 is 28.3 Å². The van der Waals surface area contributed by atoms with Crippen LogP contribution in [0.25, 0.3) is 11.0 Å². The molecular weight excluding hydrogens is 286 g/mol. The van der Waals surface area contributed by atoms with Crippen molar-refractivity contribution in [1.29, 1.82) is 0 Å². The Hall–Kier alpha value is -2.20. The number of nitroso groups, excluding NO2 is 1. The van der Waals surface area contributed by atoms with Gasteiger partial charge in [0.25, 0.3) is 0 Å². The highest BCUT2D eigenvalue weighted by molar-refractivity contribution is 6.30. The van der Waals surface area contributed by atoms with Crippen LogP contribution in [0.2, 0.25) is 5.02 Å². The Morgan fingerprint density at radius 2 is 1.95 bits per heavy atom. The van der Waals surface area contributed by atoms with E-state index in [1.54, 1.807) is 6.33 Å². The van der Waals surface area contributed by atoms with E-state index in [4.69, 9.17) is 11.6 Å². The fraction of sp³-hybridized carbons (Fsp3) is 0.188. The first-order chi connectivity index (χ1) is 10.1. The number of benzene rings is 2. The summed E-state index contributed by atoms with van der Waals surface area (Å²) in [5.74, 6) is 0. The van der Waals surface area contributed by atoms with Crippen molar-refractivity contribution in [3.05, 3.63) is 63.3 Å². The van der Waals surface area contributed by atoms with Crippen LogP contribution in [0.15, 0.2) is 41.8 Å². The minimum atomic E-state index is 0.430. The molecule has 4 nitrogen and oxygen atoms in total. The summed E-state index contributed by atoms with van der Waals surface area (Å²) in [6.45, 7) is 4.54. The van der Waals surface area contributed by atoms with Gasteiger partial charge in [-0.15, -0.1) is 4.91 Å². The van der Waals surface area contributed by atoms with Crippen LogP contribution in [0.5, 0.6) is 0 Å². The molecule has 0 aliphatic heterocycles. The molecule has 0 atom stereocenters. The Kier molecular flexibility index (Phi) is 3.47. The first kappa shape index (κ1) is 13.8. The van der Waals surface area contributed by atoms with E-state index in [1.165, 1.54) is 0 Å². The van der Waals surface area contributed by atoms with E-state index in [2.05, 4.69) is 10.2 Å². The van der Waals surface area contributed by atoms with Gasteiger partial charge >= 0.3 is 0 Å². The summed E-state index contributed by atoms with van der Waals surface area (Å²) in [7, 11) is 0. The SMILES string of the molecule is Cc1cc2c(ncn2Cc2ccc(Cl)cc2)c(N=O)c1C. The van der Waals surface area contributed by atoms with Crippen LogP contribution < -0.4 is 0 Å². The monoisotopic (exact) mass is 299 g/mol. The summed E-state index contributed by atoms with van der Waals surface area (Å²) in [6.07, 6.45) is 1.74. The quantitative estimate of drug-likeness (QED) is 0.655. The number of nitrogens with zero attached hydrogens (tertiary/aromatic N) is 3. The number of aryl methyl sites for hydroxylation is 1. The second-order valence-electron chi connectivity index (χ2n) is 5.13. The highest BCUT2D eigenvalue weighted by Crippen LogP contribution is 2.31. The van der Waals surface area contributed by atoms with Crippen LogP contribution in [0, 0.1) is 18.8 Å². The minimum absolute atomic E-state index is 0.430.